The van der Waals surface area contributed by atoms with Gasteiger partial charge < -0.3 is 15.2 Å². The van der Waals surface area contributed by atoms with Crippen molar-refractivity contribution in [2.45, 2.75) is 32.6 Å². The average molecular weight is 286 g/mol. The zero-order valence-electron chi connectivity index (χ0n) is 11.2. The number of ether oxygens (including phenoxy) is 2. The van der Waals surface area contributed by atoms with Crippen molar-refractivity contribution in [2.24, 2.45) is 0 Å². The number of nitrogen functional groups attached to an aromatic ring is 1. The summed E-state index contributed by atoms with van der Waals surface area (Å²) in [6, 6.07) is 5.15. The van der Waals surface area contributed by atoms with Gasteiger partial charge in [0, 0.05) is 17.5 Å². The van der Waals surface area contributed by atoms with Gasteiger partial charge in [-0.1, -0.05) is 11.6 Å². The summed E-state index contributed by atoms with van der Waals surface area (Å²) >= 11 is 5.86. The molecule has 0 bridgehead atoms. The Kier molecular flexibility index (Phi) is 7.11. The maximum absolute atomic E-state index is 11.1. The van der Waals surface area contributed by atoms with E-state index in [1.54, 1.807) is 25.1 Å². The molecule has 5 heteroatoms. The fourth-order valence-electron chi connectivity index (χ4n) is 1.60. The number of unbranched alkanes of at least 4 members (excludes halogenated alkanes) is 2. The van der Waals surface area contributed by atoms with E-state index >= 15 is 0 Å². The van der Waals surface area contributed by atoms with Crippen molar-refractivity contribution in [3.63, 3.8) is 0 Å². The molecule has 0 aliphatic carbocycles. The molecular formula is C14H20ClNO3. The maximum atomic E-state index is 11.1. The molecule has 2 N–H and O–H groups in total. The molecule has 4 nitrogen and oxygen atoms in total. The summed E-state index contributed by atoms with van der Waals surface area (Å²) in [5.41, 5.74) is 6.34. The van der Waals surface area contributed by atoms with Gasteiger partial charge in [0.05, 0.1) is 18.9 Å². The molecule has 0 radical (unpaired) electrons. The van der Waals surface area contributed by atoms with Gasteiger partial charge in [-0.3, -0.25) is 4.79 Å². The highest BCUT2D eigenvalue weighted by Crippen LogP contribution is 2.25. The summed E-state index contributed by atoms with van der Waals surface area (Å²) in [4.78, 5) is 11.1. The van der Waals surface area contributed by atoms with Crippen LogP contribution in [0, 0.1) is 0 Å². The number of nitrogens with two attached hydrogens (primary N) is 1. The van der Waals surface area contributed by atoms with Crippen molar-refractivity contribution >= 4 is 23.3 Å². The van der Waals surface area contributed by atoms with E-state index in [1.807, 2.05) is 0 Å². The number of esters is 1. The molecule has 1 rings (SSSR count). The zero-order chi connectivity index (χ0) is 14.1. The predicted octanol–water partition coefficient (Wildman–Crippen LogP) is 3.42. The van der Waals surface area contributed by atoms with Crippen LogP contribution < -0.4 is 10.5 Å². The highest BCUT2D eigenvalue weighted by molar-refractivity contribution is 6.30. The zero-order valence-corrected chi connectivity index (χ0v) is 11.9. The van der Waals surface area contributed by atoms with Gasteiger partial charge in [0.25, 0.3) is 0 Å². The second-order valence-corrected chi connectivity index (χ2v) is 4.58. The average Bonchev–Trinajstić information content (AvgIpc) is 2.38. The summed E-state index contributed by atoms with van der Waals surface area (Å²) in [5, 5.41) is 0.603. The lowest BCUT2D eigenvalue weighted by Crippen LogP contribution is -2.04. The van der Waals surface area contributed by atoms with Crippen LogP contribution in [0.25, 0.3) is 0 Å². The lowest BCUT2D eigenvalue weighted by Gasteiger charge is -2.09. The first-order valence-electron chi connectivity index (χ1n) is 6.47. The smallest absolute Gasteiger partial charge is 0.305 e. The van der Waals surface area contributed by atoms with E-state index in [2.05, 4.69) is 0 Å². The molecule has 0 aliphatic rings. The summed E-state index contributed by atoms with van der Waals surface area (Å²) in [6.07, 6.45) is 3.06. The van der Waals surface area contributed by atoms with Crippen LogP contribution in [0.2, 0.25) is 5.02 Å². The second-order valence-electron chi connectivity index (χ2n) is 4.15. The summed E-state index contributed by atoms with van der Waals surface area (Å²) in [7, 11) is 0. The fourth-order valence-corrected chi connectivity index (χ4v) is 1.76. The van der Waals surface area contributed by atoms with E-state index in [0.717, 1.165) is 19.3 Å². The Hall–Kier alpha value is -1.42. The van der Waals surface area contributed by atoms with Crippen LogP contribution in [0.4, 0.5) is 5.69 Å². The summed E-state index contributed by atoms with van der Waals surface area (Å²) < 4.78 is 10.4. The first kappa shape index (κ1) is 15.6. The van der Waals surface area contributed by atoms with Crippen LogP contribution in [-0.2, 0) is 9.53 Å². The van der Waals surface area contributed by atoms with Crippen LogP contribution in [-0.4, -0.2) is 19.2 Å². The number of hydrogen-bond acceptors (Lipinski definition) is 4. The molecule has 0 aliphatic heterocycles. The molecule has 0 amide bonds. The molecule has 1 aromatic rings. The third-order valence-corrected chi connectivity index (χ3v) is 2.80. The van der Waals surface area contributed by atoms with Gasteiger partial charge in [-0.15, -0.1) is 0 Å². The minimum absolute atomic E-state index is 0.137. The van der Waals surface area contributed by atoms with Gasteiger partial charge in [-0.05, 0) is 38.3 Å². The van der Waals surface area contributed by atoms with Gasteiger partial charge in [-0.25, -0.2) is 0 Å². The second kappa shape index (κ2) is 8.64. The van der Waals surface area contributed by atoms with Crippen molar-refractivity contribution in [1.82, 2.24) is 0 Å². The van der Waals surface area contributed by atoms with Crippen LogP contribution in [0.15, 0.2) is 18.2 Å². The molecule has 0 spiro atoms. The van der Waals surface area contributed by atoms with E-state index in [-0.39, 0.29) is 5.97 Å². The van der Waals surface area contributed by atoms with E-state index in [4.69, 9.17) is 26.8 Å². The first-order chi connectivity index (χ1) is 9.13. The van der Waals surface area contributed by atoms with E-state index in [1.165, 1.54) is 0 Å². The number of rotatable bonds is 8. The van der Waals surface area contributed by atoms with Crippen molar-refractivity contribution < 1.29 is 14.3 Å². The van der Waals surface area contributed by atoms with Crippen molar-refractivity contribution in [3.05, 3.63) is 23.2 Å². The fraction of sp³-hybridized carbons (Fsp3) is 0.500. The molecule has 19 heavy (non-hydrogen) atoms. The van der Waals surface area contributed by atoms with Crippen molar-refractivity contribution in [1.29, 1.82) is 0 Å². The summed E-state index contributed by atoms with van der Waals surface area (Å²) in [5.74, 6) is 0.473. The highest BCUT2D eigenvalue weighted by Gasteiger charge is 2.03. The monoisotopic (exact) mass is 285 g/mol. The molecule has 106 valence electrons. The van der Waals surface area contributed by atoms with Crippen molar-refractivity contribution in [3.8, 4) is 5.75 Å². The number of halogens is 1. The number of anilines is 1. The standard InChI is InChI=1S/C14H20ClNO3/c1-2-18-14(17)6-4-3-5-9-19-13-10-11(15)7-8-12(13)16/h7-8,10H,2-6,9,16H2,1H3. The Morgan fingerprint density at radius 2 is 2.11 bits per heavy atom. The summed E-state index contributed by atoms with van der Waals surface area (Å²) in [6.45, 7) is 2.81. The number of carbonyl (C=O) groups excluding carboxylic acids is 1. The lowest BCUT2D eigenvalue weighted by atomic mass is 10.2. The Balaban J connectivity index is 2.14. The predicted molar refractivity (Wildman–Crippen MR) is 76.5 cm³/mol. The van der Waals surface area contributed by atoms with Gasteiger partial charge >= 0.3 is 5.97 Å². The van der Waals surface area contributed by atoms with Gasteiger partial charge in [0.1, 0.15) is 5.75 Å². The molecule has 0 heterocycles. The molecular weight excluding hydrogens is 266 g/mol. The molecule has 0 saturated carbocycles. The van der Waals surface area contributed by atoms with Gasteiger partial charge in [0.2, 0.25) is 0 Å². The Morgan fingerprint density at radius 1 is 1.32 bits per heavy atom. The van der Waals surface area contributed by atoms with Crippen molar-refractivity contribution in [2.75, 3.05) is 18.9 Å². The first-order valence-corrected chi connectivity index (χ1v) is 6.84. The molecule has 0 aromatic heterocycles. The Labute approximate surface area is 118 Å². The molecule has 0 atom stereocenters. The number of carbonyl (C=O) groups is 1. The van der Waals surface area contributed by atoms with Gasteiger partial charge in [-0.2, -0.15) is 0 Å². The quantitative estimate of drug-likeness (QED) is 0.452. The maximum Gasteiger partial charge on any atom is 0.305 e. The lowest BCUT2D eigenvalue weighted by molar-refractivity contribution is -0.143. The van der Waals surface area contributed by atoms with E-state index in [0.29, 0.717) is 36.1 Å². The van der Waals surface area contributed by atoms with E-state index < -0.39 is 0 Å². The largest absolute Gasteiger partial charge is 0.491 e. The normalized spacial score (nSPS) is 10.2. The molecule has 0 fully saturated rings. The molecule has 0 saturated heterocycles. The molecule has 0 unspecified atom stereocenters. The van der Waals surface area contributed by atoms with E-state index in [9.17, 15) is 4.79 Å². The minimum atomic E-state index is -0.137. The van der Waals surface area contributed by atoms with Crippen LogP contribution in [0.1, 0.15) is 32.6 Å². The number of hydrogen-bond donors (Lipinski definition) is 1. The molecule has 1 aromatic carbocycles. The Morgan fingerprint density at radius 3 is 2.84 bits per heavy atom. The third kappa shape index (κ3) is 6.34. The SMILES string of the molecule is CCOC(=O)CCCCCOc1cc(Cl)ccc1N. The number of benzene rings is 1. The highest BCUT2D eigenvalue weighted by atomic mass is 35.5. The van der Waals surface area contributed by atoms with Crippen LogP contribution in [0.3, 0.4) is 0 Å². The van der Waals surface area contributed by atoms with Crippen LogP contribution in [0.5, 0.6) is 5.75 Å². The van der Waals surface area contributed by atoms with Gasteiger partial charge in [0.15, 0.2) is 0 Å². The van der Waals surface area contributed by atoms with Crippen LogP contribution >= 0.6 is 11.6 Å². The topological polar surface area (TPSA) is 61.5 Å². The minimum Gasteiger partial charge on any atom is -0.491 e. The Bertz CT molecular complexity index is 410. The third-order valence-electron chi connectivity index (χ3n) is 2.56.